The Morgan fingerprint density at radius 1 is 1.35 bits per heavy atom. The highest BCUT2D eigenvalue weighted by Gasteiger charge is 2.36. The summed E-state index contributed by atoms with van der Waals surface area (Å²) >= 11 is 0. The van der Waals surface area contributed by atoms with Gasteiger partial charge in [-0.2, -0.15) is 0 Å². The molecular weight excluding hydrogens is 260 g/mol. The maximum Gasteiger partial charge on any atom is 0.306 e. The van der Waals surface area contributed by atoms with Crippen LogP contribution in [0.15, 0.2) is 24.3 Å². The number of hydrogen-bond acceptors (Lipinski definition) is 4. The zero-order chi connectivity index (χ0) is 14.6. The molecule has 0 bridgehead atoms. The second-order valence-corrected chi connectivity index (χ2v) is 5.30. The Balaban J connectivity index is 1.88. The van der Waals surface area contributed by atoms with Crippen LogP contribution < -0.4 is 9.47 Å². The Kier molecular flexibility index (Phi) is 4.49. The first kappa shape index (κ1) is 14.7. The third-order valence-corrected chi connectivity index (χ3v) is 3.81. The number of carbonyl (C=O) groups is 1. The van der Waals surface area contributed by atoms with E-state index in [-0.39, 0.29) is 12.5 Å². The first-order valence-corrected chi connectivity index (χ1v) is 6.74. The highest BCUT2D eigenvalue weighted by Crippen LogP contribution is 2.33. The second-order valence-electron chi connectivity index (χ2n) is 5.30. The smallest absolute Gasteiger partial charge is 0.306 e. The van der Waals surface area contributed by atoms with Gasteiger partial charge >= 0.3 is 5.97 Å². The summed E-state index contributed by atoms with van der Waals surface area (Å²) in [6.07, 6.45) is 1.89. The van der Waals surface area contributed by atoms with Crippen LogP contribution in [-0.2, 0) is 4.79 Å². The number of aliphatic carboxylic acids is 1. The van der Waals surface area contributed by atoms with Gasteiger partial charge in [0, 0.05) is 6.07 Å². The Hall–Kier alpha value is -1.75. The van der Waals surface area contributed by atoms with Gasteiger partial charge in [0.2, 0.25) is 0 Å². The number of ether oxygens (including phenoxy) is 2. The minimum atomic E-state index is -0.935. The van der Waals surface area contributed by atoms with Crippen molar-refractivity contribution in [3.8, 4) is 11.5 Å². The summed E-state index contributed by atoms with van der Waals surface area (Å²) in [6, 6.07) is 7.19. The molecule has 1 aromatic carbocycles. The van der Waals surface area contributed by atoms with Crippen molar-refractivity contribution < 1.29 is 24.5 Å². The number of rotatable bonds is 5. The molecule has 20 heavy (non-hydrogen) atoms. The van der Waals surface area contributed by atoms with Crippen LogP contribution in [0.1, 0.15) is 25.7 Å². The maximum absolute atomic E-state index is 10.9. The van der Waals surface area contributed by atoms with Gasteiger partial charge in [-0.05, 0) is 37.8 Å². The lowest BCUT2D eigenvalue weighted by atomic mass is 9.79. The van der Waals surface area contributed by atoms with E-state index in [0.29, 0.717) is 37.2 Å². The van der Waals surface area contributed by atoms with Crippen LogP contribution in [0, 0.1) is 5.92 Å². The standard InChI is InChI=1S/C15H20O5/c1-19-12-3-2-4-13(9-12)20-10-15(18)7-5-11(6-8-15)14(16)17/h2-4,9,11,18H,5-8,10H2,1H3,(H,16,17). The van der Waals surface area contributed by atoms with Crippen LogP contribution in [0.3, 0.4) is 0 Å². The molecule has 0 heterocycles. The Morgan fingerprint density at radius 3 is 2.60 bits per heavy atom. The van der Waals surface area contributed by atoms with Crippen molar-refractivity contribution in [3.63, 3.8) is 0 Å². The molecule has 0 atom stereocenters. The summed E-state index contributed by atoms with van der Waals surface area (Å²) < 4.78 is 10.7. The quantitative estimate of drug-likeness (QED) is 0.863. The van der Waals surface area contributed by atoms with E-state index in [4.69, 9.17) is 14.6 Å². The molecule has 2 N–H and O–H groups in total. The number of carboxylic acid groups (broad SMARTS) is 1. The number of carboxylic acids is 1. The summed E-state index contributed by atoms with van der Waals surface area (Å²) in [6.45, 7) is 0.173. The maximum atomic E-state index is 10.9. The van der Waals surface area contributed by atoms with Gasteiger partial charge in [0.1, 0.15) is 18.1 Å². The molecule has 0 radical (unpaired) electrons. The topological polar surface area (TPSA) is 76.0 Å². The van der Waals surface area contributed by atoms with E-state index in [2.05, 4.69) is 0 Å². The van der Waals surface area contributed by atoms with Gasteiger partial charge in [0.05, 0.1) is 18.6 Å². The molecule has 110 valence electrons. The average Bonchev–Trinajstić information content (AvgIpc) is 2.46. The first-order valence-electron chi connectivity index (χ1n) is 6.74. The van der Waals surface area contributed by atoms with Crippen LogP contribution in [0.2, 0.25) is 0 Å². The third kappa shape index (κ3) is 3.63. The van der Waals surface area contributed by atoms with Gasteiger partial charge < -0.3 is 19.7 Å². The summed E-state index contributed by atoms with van der Waals surface area (Å²) in [5.74, 6) is 0.218. The SMILES string of the molecule is COc1cccc(OCC2(O)CCC(C(=O)O)CC2)c1. The average molecular weight is 280 g/mol. The van der Waals surface area contributed by atoms with Crippen LogP contribution in [0.25, 0.3) is 0 Å². The predicted molar refractivity (Wildman–Crippen MR) is 73.0 cm³/mol. The number of benzene rings is 1. The van der Waals surface area contributed by atoms with Crippen molar-refractivity contribution >= 4 is 5.97 Å². The normalized spacial score (nSPS) is 26.0. The molecule has 5 nitrogen and oxygen atoms in total. The lowest BCUT2D eigenvalue weighted by Crippen LogP contribution is -2.41. The Labute approximate surface area is 118 Å². The van der Waals surface area contributed by atoms with Crippen LogP contribution >= 0.6 is 0 Å². The molecule has 1 aliphatic carbocycles. The molecule has 2 rings (SSSR count). The Bertz CT molecular complexity index is 463. The zero-order valence-electron chi connectivity index (χ0n) is 11.5. The van der Waals surface area contributed by atoms with E-state index in [0.717, 1.165) is 0 Å². The van der Waals surface area contributed by atoms with Gasteiger partial charge in [-0.3, -0.25) is 4.79 Å². The number of hydrogen-bond donors (Lipinski definition) is 2. The van der Waals surface area contributed by atoms with E-state index in [1.54, 1.807) is 19.2 Å². The molecule has 1 saturated carbocycles. The van der Waals surface area contributed by atoms with Gasteiger partial charge in [0.15, 0.2) is 0 Å². The summed E-state index contributed by atoms with van der Waals surface area (Å²) in [5, 5.41) is 19.4. The fourth-order valence-corrected chi connectivity index (χ4v) is 2.46. The summed E-state index contributed by atoms with van der Waals surface area (Å²) in [5.41, 5.74) is -0.935. The van der Waals surface area contributed by atoms with E-state index >= 15 is 0 Å². The minimum absolute atomic E-state index is 0.173. The highest BCUT2D eigenvalue weighted by atomic mass is 16.5. The van der Waals surface area contributed by atoms with Crippen LogP contribution in [0.5, 0.6) is 11.5 Å². The fraction of sp³-hybridized carbons (Fsp3) is 0.533. The lowest BCUT2D eigenvalue weighted by molar-refractivity contribution is -0.145. The van der Waals surface area contributed by atoms with E-state index in [1.165, 1.54) is 0 Å². The second kappa shape index (κ2) is 6.13. The highest BCUT2D eigenvalue weighted by molar-refractivity contribution is 5.70. The van der Waals surface area contributed by atoms with Crippen LogP contribution in [0.4, 0.5) is 0 Å². The lowest BCUT2D eigenvalue weighted by Gasteiger charge is -2.34. The number of methoxy groups -OCH3 is 1. The molecule has 0 aliphatic heterocycles. The van der Waals surface area contributed by atoms with Crippen molar-refractivity contribution in [3.05, 3.63) is 24.3 Å². The van der Waals surface area contributed by atoms with Gasteiger partial charge in [0.25, 0.3) is 0 Å². The van der Waals surface area contributed by atoms with Crippen molar-refractivity contribution in [2.45, 2.75) is 31.3 Å². The number of aliphatic hydroxyl groups is 1. The zero-order valence-corrected chi connectivity index (χ0v) is 11.5. The van der Waals surface area contributed by atoms with Crippen molar-refractivity contribution in [1.82, 2.24) is 0 Å². The van der Waals surface area contributed by atoms with E-state index < -0.39 is 11.6 Å². The molecule has 1 aromatic rings. The van der Waals surface area contributed by atoms with Gasteiger partial charge in [-0.15, -0.1) is 0 Å². The van der Waals surface area contributed by atoms with Gasteiger partial charge in [-0.25, -0.2) is 0 Å². The van der Waals surface area contributed by atoms with Crippen molar-refractivity contribution in [1.29, 1.82) is 0 Å². The predicted octanol–water partition coefficient (Wildman–Crippen LogP) is 2.08. The first-order chi connectivity index (χ1) is 9.52. The summed E-state index contributed by atoms with van der Waals surface area (Å²) in [4.78, 5) is 10.9. The van der Waals surface area contributed by atoms with Gasteiger partial charge in [-0.1, -0.05) is 6.07 Å². The molecule has 1 fully saturated rings. The largest absolute Gasteiger partial charge is 0.497 e. The molecule has 1 aliphatic rings. The molecule has 0 unspecified atom stereocenters. The molecule has 0 aromatic heterocycles. The molecular formula is C15H20O5. The van der Waals surface area contributed by atoms with Crippen molar-refractivity contribution in [2.24, 2.45) is 5.92 Å². The van der Waals surface area contributed by atoms with E-state index in [1.807, 2.05) is 12.1 Å². The van der Waals surface area contributed by atoms with Crippen LogP contribution in [-0.4, -0.2) is 35.5 Å². The monoisotopic (exact) mass is 280 g/mol. The molecule has 0 spiro atoms. The molecule has 0 saturated heterocycles. The fourth-order valence-electron chi connectivity index (χ4n) is 2.46. The molecule has 5 heteroatoms. The third-order valence-electron chi connectivity index (χ3n) is 3.81. The summed E-state index contributed by atoms with van der Waals surface area (Å²) in [7, 11) is 1.58. The minimum Gasteiger partial charge on any atom is -0.497 e. The molecule has 0 amide bonds. The Morgan fingerprint density at radius 2 is 2.00 bits per heavy atom. The van der Waals surface area contributed by atoms with Crippen molar-refractivity contribution in [2.75, 3.05) is 13.7 Å². The van der Waals surface area contributed by atoms with E-state index in [9.17, 15) is 9.90 Å².